The number of amides is 3. The molecule has 0 unspecified atom stereocenters. The van der Waals surface area contributed by atoms with E-state index in [2.05, 4.69) is 10.3 Å². The number of carbonyl (C=O) groups is 3. The summed E-state index contributed by atoms with van der Waals surface area (Å²) in [6.45, 7) is 0. The molecular formula is C14H12N4O3. The second kappa shape index (κ2) is 5.83. The van der Waals surface area contributed by atoms with E-state index in [0.717, 1.165) is 0 Å². The third kappa shape index (κ3) is 3.41. The zero-order valence-electron chi connectivity index (χ0n) is 10.9. The van der Waals surface area contributed by atoms with Gasteiger partial charge in [0.05, 0.1) is 5.56 Å². The quantitative estimate of drug-likeness (QED) is 0.756. The molecule has 0 radical (unpaired) electrons. The number of aromatic nitrogens is 1. The van der Waals surface area contributed by atoms with Gasteiger partial charge in [0.15, 0.2) is 0 Å². The van der Waals surface area contributed by atoms with Gasteiger partial charge < -0.3 is 16.8 Å². The van der Waals surface area contributed by atoms with Crippen LogP contribution in [0.3, 0.4) is 0 Å². The molecule has 2 rings (SSSR count). The lowest BCUT2D eigenvalue weighted by Gasteiger charge is -2.08. The first kappa shape index (κ1) is 14.2. The highest BCUT2D eigenvalue weighted by molar-refractivity contribution is 6.06. The average molecular weight is 284 g/mol. The minimum absolute atomic E-state index is 0.0767. The van der Waals surface area contributed by atoms with Crippen LogP contribution >= 0.6 is 0 Å². The Morgan fingerprint density at radius 1 is 0.952 bits per heavy atom. The van der Waals surface area contributed by atoms with Crippen LogP contribution in [0.1, 0.15) is 31.1 Å². The minimum atomic E-state index is -0.727. The van der Waals surface area contributed by atoms with Gasteiger partial charge in [-0.05, 0) is 30.3 Å². The largest absolute Gasteiger partial charge is 0.366 e. The number of hydrogen-bond donors (Lipinski definition) is 3. The first-order valence-corrected chi connectivity index (χ1v) is 5.93. The Bertz CT molecular complexity index is 681. The topological polar surface area (TPSA) is 128 Å². The zero-order valence-corrected chi connectivity index (χ0v) is 10.9. The Kier molecular flexibility index (Phi) is 3.94. The van der Waals surface area contributed by atoms with Crippen LogP contribution in [0.2, 0.25) is 0 Å². The second-order valence-corrected chi connectivity index (χ2v) is 4.22. The Labute approximate surface area is 120 Å². The van der Waals surface area contributed by atoms with Crippen LogP contribution in [0.15, 0.2) is 42.7 Å². The van der Waals surface area contributed by atoms with Gasteiger partial charge in [0.1, 0.15) is 0 Å². The van der Waals surface area contributed by atoms with Gasteiger partial charge >= 0.3 is 0 Å². The number of nitrogens with one attached hydrogen (secondary N) is 1. The third-order valence-corrected chi connectivity index (χ3v) is 2.68. The summed E-state index contributed by atoms with van der Waals surface area (Å²) in [5.74, 6) is -1.88. The summed E-state index contributed by atoms with van der Waals surface area (Å²) in [6.07, 6.45) is 2.93. The van der Waals surface area contributed by atoms with Gasteiger partial charge in [-0.2, -0.15) is 0 Å². The molecule has 7 heteroatoms. The van der Waals surface area contributed by atoms with Crippen molar-refractivity contribution >= 4 is 23.4 Å². The second-order valence-electron chi connectivity index (χ2n) is 4.22. The molecule has 0 aliphatic rings. The molecule has 5 N–H and O–H groups in total. The molecular weight excluding hydrogens is 272 g/mol. The number of nitrogens with two attached hydrogens (primary N) is 2. The van der Waals surface area contributed by atoms with Crippen LogP contribution in [0.5, 0.6) is 0 Å². The van der Waals surface area contributed by atoms with Crippen molar-refractivity contribution in [1.29, 1.82) is 0 Å². The predicted octanol–water partition coefficient (Wildman–Crippen LogP) is 0.532. The molecule has 0 fully saturated rings. The molecule has 0 saturated carbocycles. The maximum Gasteiger partial charge on any atom is 0.257 e. The molecule has 2 aromatic rings. The van der Waals surface area contributed by atoms with E-state index in [0.29, 0.717) is 5.56 Å². The summed E-state index contributed by atoms with van der Waals surface area (Å²) < 4.78 is 0. The highest BCUT2D eigenvalue weighted by atomic mass is 16.2. The first-order chi connectivity index (χ1) is 9.97. The molecule has 0 aliphatic carbocycles. The van der Waals surface area contributed by atoms with E-state index in [9.17, 15) is 14.4 Å². The van der Waals surface area contributed by atoms with Crippen molar-refractivity contribution in [3.63, 3.8) is 0 Å². The monoisotopic (exact) mass is 284 g/mol. The highest BCUT2D eigenvalue weighted by Crippen LogP contribution is 2.16. The molecule has 7 nitrogen and oxygen atoms in total. The minimum Gasteiger partial charge on any atom is -0.366 e. The van der Waals surface area contributed by atoms with Crippen LogP contribution in [-0.2, 0) is 0 Å². The van der Waals surface area contributed by atoms with Crippen LogP contribution in [-0.4, -0.2) is 22.7 Å². The lowest BCUT2D eigenvalue weighted by atomic mass is 10.1. The van der Waals surface area contributed by atoms with Crippen molar-refractivity contribution in [1.82, 2.24) is 4.98 Å². The van der Waals surface area contributed by atoms with Crippen molar-refractivity contribution in [3.8, 4) is 0 Å². The Hall–Kier alpha value is -3.22. The highest BCUT2D eigenvalue weighted by Gasteiger charge is 2.12. The fourth-order valence-corrected chi connectivity index (χ4v) is 1.68. The molecule has 1 aromatic heterocycles. The molecule has 21 heavy (non-hydrogen) atoms. The van der Waals surface area contributed by atoms with Gasteiger partial charge in [0.2, 0.25) is 11.8 Å². The first-order valence-electron chi connectivity index (χ1n) is 5.93. The van der Waals surface area contributed by atoms with Crippen LogP contribution in [0, 0.1) is 0 Å². The fraction of sp³-hybridized carbons (Fsp3) is 0. The number of carbonyl (C=O) groups excluding carboxylic acids is 3. The summed E-state index contributed by atoms with van der Waals surface area (Å²) in [5, 5.41) is 2.55. The number of anilines is 1. The van der Waals surface area contributed by atoms with Crippen molar-refractivity contribution < 1.29 is 14.4 Å². The van der Waals surface area contributed by atoms with Gasteiger partial charge in [-0.3, -0.25) is 19.4 Å². The maximum absolute atomic E-state index is 12.0. The molecule has 0 spiro atoms. The van der Waals surface area contributed by atoms with Crippen LogP contribution < -0.4 is 16.8 Å². The molecule has 0 aliphatic heterocycles. The van der Waals surface area contributed by atoms with Crippen molar-refractivity contribution in [2.75, 3.05) is 5.32 Å². The van der Waals surface area contributed by atoms with Gasteiger partial charge in [0.25, 0.3) is 5.91 Å². The van der Waals surface area contributed by atoms with Gasteiger partial charge in [-0.15, -0.1) is 0 Å². The summed E-state index contributed by atoms with van der Waals surface area (Å²) >= 11 is 0. The maximum atomic E-state index is 12.0. The molecule has 0 saturated heterocycles. The third-order valence-electron chi connectivity index (χ3n) is 2.68. The fourth-order valence-electron chi connectivity index (χ4n) is 1.68. The number of hydrogen-bond acceptors (Lipinski definition) is 4. The average Bonchev–Trinajstić information content (AvgIpc) is 2.47. The molecule has 0 bridgehead atoms. The molecule has 1 aromatic carbocycles. The normalized spacial score (nSPS) is 9.90. The van der Waals surface area contributed by atoms with E-state index >= 15 is 0 Å². The molecule has 106 valence electrons. The molecule has 3 amide bonds. The Balaban J connectivity index is 2.33. The predicted molar refractivity (Wildman–Crippen MR) is 75.7 cm³/mol. The number of nitrogens with zero attached hydrogens (tertiary/aromatic N) is 1. The lowest BCUT2D eigenvalue weighted by Crippen LogP contribution is -2.18. The van der Waals surface area contributed by atoms with E-state index in [-0.39, 0.29) is 16.8 Å². The Morgan fingerprint density at radius 3 is 2.05 bits per heavy atom. The smallest absolute Gasteiger partial charge is 0.257 e. The molecule has 1 heterocycles. The van der Waals surface area contributed by atoms with Crippen molar-refractivity contribution in [3.05, 3.63) is 59.4 Å². The summed E-state index contributed by atoms with van der Waals surface area (Å²) in [7, 11) is 0. The van der Waals surface area contributed by atoms with Crippen molar-refractivity contribution in [2.45, 2.75) is 0 Å². The number of pyridine rings is 1. The summed E-state index contributed by atoms with van der Waals surface area (Å²) in [5.41, 5.74) is 11.1. The molecule has 0 atom stereocenters. The van der Waals surface area contributed by atoms with E-state index in [1.54, 1.807) is 12.1 Å². The van der Waals surface area contributed by atoms with Gasteiger partial charge in [-0.25, -0.2) is 0 Å². The van der Waals surface area contributed by atoms with Crippen molar-refractivity contribution in [2.24, 2.45) is 11.5 Å². The standard InChI is InChI=1S/C14H12N4O3/c15-12(19)9-4-10(13(16)20)6-11(5-9)18-14(21)8-2-1-3-17-7-8/h1-7H,(H2,15,19)(H2,16,20)(H,18,21). The lowest BCUT2D eigenvalue weighted by molar-refractivity contribution is 0.0994. The van der Waals surface area contributed by atoms with E-state index in [4.69, 9.17) is 11.5 Å². The zero-order chi connectivity index (χ0) is 15.4. The number of primary amides is 2. The van der Waals surface area contributed by atoms with E-state index < -0.39 is 17.7 Å². The van der Waals surface area contributed by atoms with E-state index in [1.807, 2.05) is 0 Å². The number of benzene rings is 1. The SMILES string of the molecule is NC(=O)c1cc(NC(=O)c2cccnc2)cc(C(N)=O)c1. The van der Waals surface area contributed by atoms with Crippen LogP contribution in [0.25, 0.3) is 0 Å². The van der Waals surface area contributed by atoms with Crippen LogP contribution in [0.4, 0.5) is 5.69 Å². The summed E-state index contributed by atoms with van der Waals surface area (Å²) in [6, 6.07) is 7.19. The summed E-state index contributed by atoms with van der Waals surface area (Å²) in [4.78, 5) is 38.3. The van der Waals surface area contributed by atoms with Gasteiger partial charge in [-0.1, -0.05) is 0 Å². The Morgan fingerprint density at radius 2 is 1.57 bits per heavy atom. The van der Waals surface area contributed by atoms with E-state index in [1.165, 1.54) is 30.6 Å². The van der Waals surface area contributed by atoms with Gasteiger partial charge in [0, 0.05) is 29.2 Å². The number of rotatable bonds is 4.